The second-order valence-corrected chi connectivity index (χ2v) is 5.62. The van der Waals surface area contributed by atoms with E-state index in [2.05, 4.69) is 4.74 Å². The van der Waals surface area contributed by atoms with E-state index in [1.165, 1.54) is 7.11 Å². The first kappa shape index (κ1) is 16.6. The van der Waals surface area contributed by atoms with E-state index in [0.717, 1.165) is 5.56 Å². The summed E-state index contributed by atoms with van der Waals surface area (Å²) in [4.78, 5) is 13.3. The third kappa shape index (κ3) is 3.32. The molecule has 2 aliphatic heterocycles. The van der Waals surface area contributed by atoms with Gasteiger partial charge in [-0.3, -0.25) is 0 Å². The molecule has 2 aliphatic rings. The molecule has 0 spiro atoms. The van der Waals surface area contributed by atoms with Gasteiger partial charge in [-0.25, -0.2) is 4.79 Å². The highest BCUT2D eigenvalue weighted by molar-refractivity contribution is 5.71. The SMILES string of the molecule is COC(=O)COc1ccc2c(c1C)OC(N1CCOCC1)=CC2O. The molecule has 0 radical (unpaired) electrons. The molecule has 1 atom stereocenters. The highest BCUT2D eigenvalue weighted by atomic mass is 16.6. The molecule has 0 amide bonds. The zero-order chi connectivity index (χ0) is 17.1. The first-order valence-electron chi connectivity index (χ1n) is 7.83. The van der Waals surface area contributed by atoms with Gasteiger partial charge in [0.2, 0.25) is 0 Å². The summed E-state index contributed by atoms with van der Waals surface area (Å²) in [5.74, 6) is 1.25. The Hall–Kier alpha value is -2.25. The fourth-order valence-electron chi connectivity index (χ4n) is 2.73. The van der Waals surface area contributed by atoms with Crippen molar-refractivity contribution in [1.29, 1.82) is 0 Å². The first-order valence-corrected chi connectivity index (χ1v) is 7.83. The minimum absolute atomic E-state index is 0.176. The lowest BCUT2D eigenvalue weighted by Crippen LogP contribution is -2.38. The van der Waals surface area contributed by atoms with Crippen molar-refractivity contribution in [2.75, 3.05) is 40.0 Å². The van der Waals surface area contributed by atoms with Gasteiger partial charge in [0, 0.05) is 30.3 Å². The van der Waals surface area contributed by atoms with E-state index in [-0.39, 0.29) is 6.61 Å². The Balaban J connectivity index is 1.82. The maximum Gasteiger partial charge on any atom is 0.343 e. The highest BCUT2D eigenvalue weighted by Crippen LogP contribution is 2.40. The number of methoxy groups -OCH3 is 1. The molecule has 1 aromatic rings. The summed E-state index contributed by atoms with van der Waals surface area (Å²) in [7, 11) is 1.31. The standard InChI is InChI=1S/C17H21NO6/c1-11-14(23-10-16(20)21-2)4-3-12-13(19)9-15(24-17(11)12)18-5-7-22-8-6-18/h3-4,9,13,19H,5-8,10H2,1-2H3. The summed E-state index contributed by atoms with van der Waals surface area (Å²) in [6, 6.07) is 3.46. The van der Waals surface area contributed by atoms with E-state index in [1.54, 1.807) is 18.2 Å². The number of aliphatic hydroxyl groups is 1. The molecule has 1 fully saturated rings. The maximum absolute atomic E-state index is 11.2. The summed E-state index contributed by atoms with van der Waals surface area (Å²) in [6.07, 6.45) is 0.946. The third-order valence-corrected chi connectivity index (χ3v) is 4.11. The van der Waals surface area contributed by atoms with Crippen LogP contribution in [0.4, 0.5) is 0 Å². The second-order valence-electron chi connectivity index (χ2n) is 5.62. The van der Waals surface area contributed by atoms with Crippen molar-refractivity contribution in [3.63, 3.8) is 0 Å². The maximum atomic E-state index is 11.2. The van der Waals surface area contributed by atoms with Gasteiger partial charge >= 0.3 is 5.97 Å². The molecule has 130 valence electrons. The van der Waals surface area contributed by atoms with E-state index in [9.17, 15) is 9.90 Å². The van der Waals surface area contributed by atoms with Gasteiger partial charge in [0.1, 0.15) is 17.6 Å². The lowest BCUT2D eigenvalue weighted by molar-refractivity contribution is -0.142. The Morgan fingerprint density at radius 1 is 1.38 bits per heavy atom. The fraction of sp³-hybridized carbons (Fsp3) is 0.471. The molecule has 0 aromatic heterocycles. The van der Waals surface area contributed by atoms with Gasteiger partial charge in [0.25, 0.3) is 0 Å². The minimum atomic E-state index is -0.750. The van der Waals surface area contributed by atoms with Crippen molar-refractivity contribution in [2.24, 2.45) is 0 Å². The van der Waals surface area contributed by atoms with Gasteiger partial charge in [-0.05, 0) is 19.1 Å². The van der Waals surface area contributed by atoms with Crippen molar-refractivity contribution in [3.8, 4) is 11.5 Å². The molecule has 0 bridgehead atoms. The summed E-state index contributed by atoms with van der Waals surface area (Å²) >= 11 is 0. The molecule has 7 nitrogen and oxygen atoms in total. The molecule has 0 saturated carbocycles. The Kier molecular flexibility index (Phi) is 4.92. The van der Waals surface area contributed by atoms with Gasteiger partial charge in [0.05, 0.1) is 20.3 Å². The highest BCUT2D eigenvalue weighted by Gasteiger charge is 2.27. The van der Waals surface area contributed by atoms with E-state index < -0.39 is 12.1 Å². The van der Waals surface area contributed by atoms with Gasteiger partial charge < -0.3 is 29.0 Å². The van der Waals surface area contributed by atoms with Crippen LogP contribution >= 0.6 is 0 Å². The van der Waals surface area contributed by atoms with Gasteiger partial charge in [0.15, 0.2) is 12.5 Å². The number of nitrogens with zero attached hydrogens (tertiary/aromatic N) is 1. The molecule has 2 heterocycles. The van der Waals surface area contributed by atoms with Gasteiger partial charge in [-0.15, -0.1) is 0 Å². The Labute approximate surface area is 140 Å². The van der Waals surface area contributed by atoms with Crippen LogP contribution in [0, 0.1) is 6.92 Å². The van der Waals surface area contributed by atoms with E-state index in [0.29, 0.717) is 49.2 Å². The van der Waals surface area contributed by atoms with E-state index >= 15 is 0 Å². The van der Waals surface area contributed by atoms with Gasteiger partial charge in [-0.1, -0.05) is 0 Å². The normalized spacial score (nSPS) is 19.9. The van der Waals surface area contributed by atoms with Crippen molar-refractivity contribution in [1.82, 2.24) is 4.90 Å². The zero-order valence-corrected chi connectivity index (χ0v) is 13.8. The van der Waals surface area contributed by atoms with Crippen LogP contribution < -0.4 is 9.47 Å². The zero-order valence-electron chi connectivity index (χ0n) is 13.8. The average Bonchev–Trinajstić information content (AvgIpc) is 2.62. The summed E-state index contributed by atoms with van der Waals surface area (Å²) in [5, 5.41) is 10.4. The molecule has 1 aromatic carbocycles. The molecular weight excluding hydrogens is 314 g/mol. The number of carbonyl (C=O) groups is 1. The van der Waals surface area contributed by atoms with Crippen LogP contribution in [-0.2, 0) is 14.3 Å². The van der Waals surface area contributed by atoms with Crippen LogP contribution in [0.3, 0.4) is 0 Å². The molecule has 7 heteroatoms. The van der Waals surface area contributed by atoms with Crippen LogP contribution in [0.5, 0.6) is 11.5 Å². The number of ether oxygens (including phenoxy) is 4. The van der Waals surface area contributed by atoms with E-state index in [1.807, 2.05) is 11.8 Å². The number of morpholine rings is 1. The number of hydrogen-bond donors (Lipinski definition) is 1. The van der Waals surface area contributed by atoms with Crippen LogP contribution in [0.2, 0.25) is 0 Å². The van der Waals surface area contributed by atoms with Crippen molar-refractivity contribution in [3.05, 3.63) is 35.2 Å². The first-order chi connectivity index (χ1) is 11.6. The Morgan fingerprint density at radius 3 is 2.83 bits per heavy atom. The van der Waals surface area contributed by atoms with Crippen molar-refractivity contribution in [2.45, 2.75) is 13.0 Å². The molecular formula is C17H21NO6. The van der Waals surface area contributed by atoms with Crippen LogP contribution in [0.15, 0.2) is 24.1 Å². The van der Waals surface area contributed by atoms with Crippen LogP contribution in [-0.4, -0.2) is 56.0 Å². The smallest absolute Gasteiger partial charge is 0.343 e. The molecule has 1 unspecified atom stereocenters. The van der Waals surface area contributed by atoms with Crippen LogP contribution in [0.25, 0.3) is 0 Å². The van der Waals surface area contributed by atoms with Crippen molar-refractivity contribution >= 4 is 5.97 Å². The fourth-order valence-corrected chi connectivity index (χ4v) is 2.73. The number of esters is 1. The minimum Gasteiger partial charge on any atom is -0.481 e. The summed E-state index contributed by atoms with van der Waals surface area (Å²) in [6.45, 7) is 4.35. The molecule has 3 rings (SSSR count). The number of fused-ring (bicyclic) bond motifs is 1. The summed E-state index contributed by atoms with van der Waals surface area (Å²) < 4.78 is 21.4. The monoisotopic (exact) mass is 335 g/mol. The molecule has 1 saturated heterocycles. The van der Waals surface area contributed by atoms with Crippen molar-refractivity contribution < 1.29 is 28.8 Å². The lowest BCUT2D eigenvalue weighted by Gasteiger charge is -2.34. The van der Waals surface area contributed by atoms with E-state index in [4.69, 9.17) is 14.2 Å². The Morgan fingerprint density at radius 2 is 2.12 bits per heavy atom. The molecule has 1 N–H and O–H groups in total. The quantitative estimate of drug-likeness (QED) is 0.827. The second kappa shape index (κ2) is 7.11. The lowest BCUT2D eigenvalue weighted by atomic mass is 10.0. The third-order valence-electron chi connectivity index (χ3n) is 4.11. The molecule has 0 aliphatic carbocycles. The largest absolute Gasteiger partial charge is 0.481 e. The number of rotatable bonds is 4. The predicted molar refractivity (Wildman–Crippen MR) is 84.8 cm³/mol. The predicted octanol–water partition coefficient (Wildman–Crippen LogP) is 1.15. The van der Waals surface area contributed by atoms with Gasteiger partial charge in [-0.2, -0.15) is 0 Å². The number of hydrogen-bond acceptors (Lipinski definition) is 7. The number of aliphatic hydroxyl groups excluding tert-OH is 1. The molecule has 24 heavy (non-hydrogen) atoms. The number of carbonyl (C=O) groups excluding carboxylic acids is 1. The summed E-state index contributed by atoms with van der Waals surface area (Å²) in [5.41, 5.74) is 1.41. The Bertz CT molecular complexity index is 651. The number of benzene rings is 1. The topological polar surface area (TPSA) is 77.5 Å². The average molecular weight is 335 g/mol. The van der Waals surface area contributed by atoms with Crippen LogP contribution in [0.1, 0.15) is 17.2 Å².